The van der Waals surface area contributed by atoms with Crippen molar-refractivity contribution in [3.63, 3.8) is 0 Å². The maximum atomic E-state index is 5.53. The van der Waals surface area contributed by atoms with Crippen molar-refractivity contribution < 1.29 is 4.74 Å². The van der Waals surface area contributed by atoms with Crippen LogP contribution in [0, 0.1) is 5.92 Å². The summed E-state index contributed by atoms with van der Waals surface area (Å²) in [4.78, 5) is 2.25. The molecule has 2 unspecified atom stereocenters. The van der Waals surface area contributed by atoms with Crippen LogP contribution in [0.4, 0.5) is 0 Å². The number of ether oxygens (including phenoxy) is 1. The fourth-order valence-corrected chi connectivity index (χ4v) is 2.12. The van der Waals surface area contributed by atoms with Crippen molar-refractivity contribution in [3.8, 4) is 0 Å². The first-order chi connectivity index (χ1) is 6.74. The Kier molecular flexibility index (Phi) is 5.45. The van der Waals surface area contributed by atoms with Crippen molar-refractivity contribution in [1.29, 1.82) is 0 Å². The van der Waals surface area contributed by atoms with Crippen LogP contribution in [0.15, 0.2) is 0 Å². The largest absolute Gasteiger partial charge is 0.381 e. The van der Waals surface area contributed by atoms with Crippen molar-refractivity contribution in [2.45, 2.75) is 25.8 Å². The van der Waals surface area contributed by atoms with Gasteiger partial charge in [0.15, 0.2) is 0 Å². The van der Waals surface area contributed by atoms with Crippen LogP contribution in [0.1, 0.15) is 19.8 Å². The number of nitrogens with zero attached hydrogens (tertiary/aromatic N) is 1. The van der Waals surface area contributed by atoms with Gasteiger partial charge in [0.2, 0.25) is 0 Å². The summed E-state index contributed by atoms with van der Waals surface area (Å²) in [5, 5.41) is 3.56. The molecule has 3 heteroatoms. The Morgan fingerprint density at radius 1 is 1.50 bits per heavy atom. The number of hydrogen-bond donors (Lipinski definition) is 1. The first-order valence-electron chi connectivity index (χ1n) is 5.70. The zero-order valence-electron chi connectivity index (χ0n) is 9.75. The Hall–Kier alpha value is -0.120. The van der Waals surface area contributed by atoms with E-state index < -0.39 is 0 Å². The molecule has 0 radical (unpaired) electrons. The average Bonchev–Trinajstić information content (AvgIpc) is 2.18. The second-order valence-electron chi connectivity index (χ2n) is 4.40. The normalized spacial score (nSPS) is 25.3. The fourth-order valence-electron chi connectivity index (χ4n) is 2.12. The summed E-state index contributed by atoms with van der Waals surface area (Å²) < 4.78 is 5.53. The molecule has 1 fully saturated rings. The highest BCUT2D eigenvalue weighted by Crippen LogP contribution is 2.17. The lowest BCUT2D eigenvalue weighted by Crippen LogP contribution is -2.46. The minimum Gasteiger partial charge on any atom is -0.381 e. The maximum Gasteiger partial charge on any atom is 0.0509 e. The van der Waals surface area contributed by atoms with E-state index in [1.54, 1.807) is 0 Å². The highest BCUT2D eigenvalue weighted by Gasteiger charge is 2.23. The third-order valence-electron chi connectivity index (χ3n) is 2.79. The highest BCUT2D eigenvalue weighted by atomic mass is 16.5. The minimum absolute atomic E-state index is 0.593. The van der Waals surface area contributed by atoms with Crippen molar-refractivity contribution in [2.24, 2.45) is 5.92 Å². The molecule has 0 spiro atoms. The molecule has 0 aliphatic carbocycles. The number of rotatable bonds is 5. The van der Waals surface area contributed by atoms with E-state index in [0.717, 1.165) is 26.3 Å². The maximum absolute atomic E-state index is 5.53. The topological polar surface area (TPSA) is 24.5 Å². The number of nitrogens with one attached hydrogen (secondary N) is 1. The molecule has 1 rings (SSSR count). The van der Waals surface area contributed by atoms with E-state index in [9.17, 15) is 0 Å². The van der Waals surface area contributed by atoms with Gasteiger partial charge in [-0.3, -0.25) is 0 Å². The molecule has 0 saturated carbocycles. The lowest BCUT2D eigenvalue weighted by atomic mass is 9.93. The molecular weight excluding hydrogens is 176 g/mol. The molecule has 0 aromatic rings. The Labute approximate surface area is 87.8 Å². The summed E-state index contributed by atoms with van der Waals surface area (Å²) in [5.74, 6) is 0.700. The van der Waals surface area contributed by atoms with Crippen LogP contribution in [0.2, 0.25) is 0 Å². The molecule has 0 aromatic carbocycles. The molecule has 0 amide bonds. The van der Waals surface area contributed by atoms with Gasteiger partial charge in [-0.2, -0.15) is 0 Å². The molecule has 3 nitrogen and oxygen atoms in total. The van der Waals surface area contributed by atoms with Crippen LogP contribution in [-0.2, 0) is 4.74 Å². The van der Waals surface area contributed by atoms with Gasteiger partial charge in [0, 0.05) is 19.2 Å². The first kappa shape index (κ1) is 12.0. The van der Waals surface area contributed by atoms with Gasteiger partial charge < -0.3 is 15.0 Å². The zero-order valence-corrected chi connectivity index (χ0v) is 9.75. The summed E-state index contributed by atoms with van der Waals surface area (Å²) in [6.07, 6.45) is 2.53. The molecule has 1 heterocycles. The van der Waals surface area contributed by atoms with E-state index >= 15 is 0 Å². The summed E-state index contributed by atoms with van der Waals surface area (Å²) in [5.41, 5.74) is 0. The van der Waals surface area contributed by atoms with Crippen molar-refractivity contribution in [2.75, 3.05) is 40.4 Å². The van der Waals surface area contributed by atoms with Gasteiger partial charge >= 0.3 is 0 Å². The van der Waals surface area contributed by atoms with Crippen molar-refractivity contribution in [1.82, 2.24) is 10.2 Å². The van der Waals surface area contributed by atoms with Gasteiger partial charge in [-0.1, -0.05) is 6.92 Å². The smallest absolute Gasteiger partial charge is 0.0509 e. The number of likely N-dealkylation sites (N-methyl/N-ethyl adjacent to an activating group) is 2. The second kappa shape index (κ2) is 6.38. The minimum atomic E-state index is 0.593. The zero-order chi connectivity index (χ0) is 10.4. The van der Waals surface area contributed by atoms with Crippen molar-refractivity contribution >= 4 is 0 Å². The fraction of sp³-hybridized carbons (Fsp3) is 1.00. The van der Waals surface area contributed by atoms with Crippen molar-refractivity contribution in [3.05, 3.63) is 0 Å². The lowest BCUT2D eigenvalue weighted by Gasteiger charge is -2.32. The van der Waals surface area contributed by atoms with Crippen LogP contribution in [0.3, 0.4) is 0 Å². The third kappa shape index (κ3) is 3.95. The van der Waals surface area contributed by atoms with E-state index in [0.29, 0.717) is 12.0 Å². The molecule has 1 aliphatic rings. The second-order valence-corrected chi connectivity index (χ2v) is 4.40. The Morgan fingerprint density at radius 2 is 2.29 bits per heavy atom. The first-order valence-corrected chi connectivity index (χ1v) is 5.70. The van der Waals surface area contributed by atoms with Gasteiger partial charge in [-0.05, 0) is 39.4 Å². The molecule has 2 atom stereocenters. The van der Waals surface area contributed by atoms with Gasteiger partial charge in [-0.25, -0.2) is 0 Å². The number of hydrogen-bond acceptors (Lipinski definition) is 3. The Balaban J connectivity index is 2.38. The molecule has 1 aliphatic heterocycles. The molecule has 1 saturated heterocycles. The quantitative estimate of drug-likeness (QED) is 0.715. The standard InChI is InChI=1S/C11H24N2O/c1-4-12-11(8-13(2)3)10-6-5-7-14-9-10/h10-12H,4-9H2,1-3H3. The van der Waals surface area contributed by atoms with Gasteiger partial charge in [0.05, 0.1) is 6.61 Å². The van der Waals surface area contributed by atoms with E-state index in [-0.39, 0.29) is 0 Å². The van der Waals surface area contributed by atoms with Gasteiger partial charge in [0.1, 0.15) is 0 Å². The predicted octanol–water partition coefficient (Wildman–Crippen LogP) is 0.953. The Bertz CT molecular complexity index is 144. The molecule has 0 aromatic heterocycles. The molecule has 0 bridgehead atoms. The molecule has 84 valence electrons. The summed E-state index contributed by atoms with van der Waals surface area (Å²) in [6.45, 7) is 6.23. The van der Waals surface area contributed by atoms with Crippen LogP contribution >= 0.6 is 0 Å². The Morgan fingerprint density at radius 3 is 2.79 bits per heavy atom. The average molecular weight is 200 g/mol. The predicted molar refractivity (Wildman–Crippen MR) is 59.6 cm³/mol. The van der Waals surface area contributed by atoms with Crippen LogP contribution in [0.25, 0.3) is 0 Å². The van der Waals surface area contributed by atoms with Crippen LogP contribution < -0.4 is 5.32 Å². The van der Waals surface area contributed by atoms with E-state index in [1.807, 2.05) is 0 Å². The summed E-state index contributed by atoms with van der Waals surface area (Å²) >= 11 is 0. The van der Waals surface area contributed by atoms with Crippen LogP contribution in [-0.4, -0.2) is 51.3 Å². The monoisotopic (exact) mass is 200 g/mol. The molecule has 14 heavy (non-hydrogen) atoms. The third-order valence-corrected chi connectivity index (χ3v) is 2.79. The molecular formula is C11H24N2O. The molecule has 1 N–H and O–H groups in total. The van der Waals surface area contributed by atoms with Crippen LogP contribution in [0.5, 0.6) is 0 Å². The van der Waals surface area contributed by atoms with E-state index in [1.165, 1.54) is 12.8 Å². The lowest BCUT2D eigenvalue weighted by molar-refractivity contribution is 0.0354. The summed E-state index contributed by atoms with van der Waals surface area (Å²) in [6, 6.07) is 0.593. The van der Waals surface area contributed by atoms with Gasteiger partial charge in [0.25, 0.3) is 0 Å². The van der Waals surface area contributed by atoms with E-state index in [4.69, 9.17) is 4.74 Å². The van der Waals surface area contributed by atoms with Gasteiger partial charge in [-0.15, -0.1) is 0 Å². The highest BCUT2D eigenvalue weighted by molar-refractivity contribution is 4.79. The SMILES string of the molecule is CCNC(CN(C)C)C1CCCOC1. The van der Waals surface area contributed by atoms with E-state index in [2.05, 4.69) is 31.2 Å². The summed E-state index contributed by atoms with van der Waals surface area (Å²) in [7, 11) is 4.27.